The Balaban J connectivity index is 0.00000147. The van der Waals surface area contributed by atoms with Gasteiger partial charge in [-0.05, 0) is 31.5 Å². The van der Waals surface area contributed by atoms with Crippen molar-refractivity contribution in [1.82, 2.24) is 15.5 Å². The molecule has 108 valence electrons. The van der Waals surface area contributed by atoms with E-state index in [-0.39, 0.29) is 29.7 Å². The molecule has 1 saturated heterocycles. The number of hydrogen-bond donors (Lipinski definition) is 1. The molecule has 1 fully saturated rings. The van der Waals surface area contributed by atoms with Crippen LogP contribution in [0, 0.1) is 11.6 Å². The summed E-state index contributed by atoms with van der Waals surface area (Å²) in [7, 11) is 0. The monoisotopic (exact) mass is 301 g/mol. The molecule has 1 aliphatic rings. The minimum Gasteiger partial charge on any atom is -0.339 e. The van der Waals surface area contributed by atoms with Crippen molar-refractivity contribution >= 4 is 12.4 Å². The van der Waals surface area contributed by atoms with Crippen LogP contribution in [0.3, 0.4) is 0 Å². The van der Waals surface area contributed by atoms with Crippen LogP contribution in [0.25, 0.3) is 11.4 Å². The molecule has 1 N–H and O–H groups in total. The van der Waals surface area contributed by atoms with E-state index in [9.17, 15) is 8.78 Å². The van der Waals surface area contributed by atoms with Gasteiger partial charge in [0.15, 0.2) is 0 Å². The fourth-order valence-corrected chi connectivity index (χ4v) is 2.28. The van der Waals surface area contributed by atoms with Crippen LogP contribution in [0.1, 0.15) is 24.7 Å². The summed E-state index contributed by atoms with van der Waals surface area (Å²) in [5.41, 5.74) is -0.235. The summed E-state index contributed by atoms with van der Waals surface area (Å²) < 4.78 is 32.4. The Kier molecular flexibility index (Phi) is 4.67. The van der Waals surface area contributed by atoms with E-state index >= 15 is 0 Å². The van der Waals surface area contributed by atoms with Crippen LogP contribution in [-0.2, 0) is 0 Å². The summed E-state index contributed by atoms with van der Waals surface area (Å²) in [6.07, 6.45) is 1.96. The Hall–Kier alpha value is -1.53. The highest BCUT2D eigenvalue weighted by molar-refractivity contribution is 5.85. The highest BCUT2D eigenvalue weighted by Crippen LogP contribution is 2.27. The van der Waals surface area contributed by atoms with Crippen molar-refractivity contribution in [2.45, 2.75) is 18.8 Å². The molecule has 2 aromatic rings. The molecule has 1 unspecified atom stereocenters. The van der Waals surface area contributed by atoms with Gasteiger partial charge >= 0.3 is 0 Å². The third kappa shape index (κ3) is 2.81. The van der Waals surface area contributed by atoms with E-state index < -0.39 is 11.6 Å². The second-order valence-corrected chi connectivity index (χ2v) is 4.60. The number of benzene rings is 1. The maximum atomic E-state index is 13.6. The number of hydrogen-bond acceptors (Lipinski definition) is 4. The van der Waals surface area contributed by atoms with Crippen molar-refractivity contribution in [3.8, 4) is 11.4 Å². The average molecular weight is 302 g/mol. The van der Waals surface area contributed by atoms with Crippen molar-refractivity contribution in [2.75, 3.05) is 13.1 Å². The Morgan fingerprint density at radius 2 is 2.00 bits per heavy atom. The summed E-state index contributed by atoms with van der Waals surface area (Å²) in [6.45, 7) is 1.72. The quantitative estimate of drug-likeness (QED) is 0.926. The molecule has 2 heterocycles. The Morgan fingerprint density at radius 1 is 1.25 bits per heavy atom. The molecule has 0 aliphatic carbocycles. The predicted molar refractivity (Wildman–Crippen MR) is 71.7 cm³/mol. The molecule has 20 heavy (non-hydrogen) atoms. The molecule has 0 amide bonds. The van der Waals surface area contributed by atoms with Crippen LogP contribution in [0.5, 0.6) is 0 Å². The summed E-state index contributed by atoms with van der Waals surface area (Å²) in [6, 6.07) is 3.66. The largest absolute Gasteiger partial charge is 0.339 e. The smallest absolute Gasteiger partial charge is 0.231 e. The molecule has 1 aliphatic heterocycles. The lowest BCUT2D eigenvalue weighted by Gasteiger charge is -2.18. The number of rotatable bonds is 2. The molecule has 3 rings (SSSR count). The maximum absolute atomic E-state index is 13.6. The fourth-order valence-electron chi connectivity index (χ4n) is 2.28. The van der Waals surface area contributed by atoms with Gasteiger partial charge in [0.2, 0.25) is 11.7 Å². The van der Waals surface area contributed by atoms with Gasteiger partial charge in [0.05, 0.1) is 11.5 Å². The van der Waals surface area contributed by atoms with Crippen LogP contribution in [0.15, 0.2) is 22.7 Å². The Bertz CT molecular complexity index is 564. The lowest BCUT2D eigenvalue weighted by Crippen LogP contribution is -2.28. The van der Waals surface area contributed by atoms with E-state index in [2.05, 4.69) is 15.5 Å². The highest BCUT2D eigenvalue weighted by Gasteiger charge is 2.23. The van der Waals surface area contributed by atoms with E-state index in [0.29, 0.717) is 5.89 Å². The molecule has 0 bridgehead atoms. The number of piperidine rings is 1. The van der Waals surface area contributed by atoms with Gasteiger partial charge in [0.1, 0.15) is 11.6 Å². The van der Waals surface area contributed by atoms with Crippen molar-refractivity contribution in [2.24, 2.45) is 0 Å². The third-order valence-electron chi connectivity index (χ3n) is 3.27. The van der Waals surface area contributed by atoms with Crippen LogP contribution in [0.4, 0.5) is 8.78 Å². The molecule has 4 nitrogen and oxygen atoms in total. The molecule has 0 radical (unpaired) electrons. The first-order valence-electron chi connectivity index (χ1n) is 6.24. The maximum Gasteiger partial charge on any atom is 0.231 e. The molecule has 1 atom stereocenters. The van der Waals surface area contributed by atoms with E-state index in [1.807, 2.05) is 0 Å². The standard InChI is InChI=1S/C13H13F2N3O.ClH/c14-9-4-1-5-10(15)11(9)12-17-13(19-18-12)8-3-2-6-16-7-8;/h1,4-5,8,16H,2-3,6-7H2;1H. The summed E-state index contributed by atoms with van der Waals surface area (Å²) in [5.74, 6) is -0.853. The molecule has 7 heteroatoms. The van der Waals surface area contributed by atoms with E-state index in [4.69, 9.17) is 4.52 Å². The Labute approximate surface area is 121 Å². The lowest BCUT2D eigenvalue weighted by molar-refractivity contribution is 0.322. The van der Waals surface area contributed by atoms with Gasteiger partial charge in [-0.1, -0.05) is 11.2 Å². The van der Waals surface area contributed by atoms with E-state index in [1.165, 1.54) is 18.2 Å². The zero-order valence-electron chi connectivity index (χ0n) is 10.6. The minimum atomic E-state index is -0.686. The fraction of sp³-hybridized carbons (Fsp3) is 0.385. The second kappa shape index (κ2) is 6.28. The molecular formula is C13H14ClF2N3O. The zero-order valence-corrected chi connectivity index (χ0v) is 11.4. The van der Waals surface area contributed by atoms with Crippen molar-refractivity contribution in [3.05, 3.63) is 35.7 Å². The second-order valence-electron chi connectivity index (χ2n) is 4.60. The first-order chi connectivity index (χ1) is 9.25. The van der Waals surface area contributed by atoms with Gasteiger partial charge in [0.25, 0.3) is 0 Å². The molecule has 1 aromatic carbocycles. The predicted octanol–water partition coefficient (Wildman–Crippen LogP) is 2.90. The minimum absolute atomic E-state index is 0. The number of aromatic nitrogens is 2. The lowest BCUT2D eigenvalue weighted by atomic mass is 10.00. The molecule has 0 saturated carbocycles. The summed E-state index contributed by atoms with van der Waals surface area (Å²) >= 11 is 0. The highest BCUT2D eigenvalue weighted by atomic mass is 35.5. The van der Waals surface area contributed by atoms with Gasteiger partial charge in [-0.15, -0.1) is 12.4 Å². The van der Waals surface area contributed by atoms with Gasteiger partial charge in [0, 0.05) is 6.54 Å². The summed E-state index contributed by atoms with van der Waals surface area (Å²) in [4.78, 5) is 4.13. The van der Waals surface area contributed by atoms with Gasteiger partial charge in [-0.2, -0.15) is 4.98 Å². The number of halogens is 3. The van der Waals surface area contributed by atoms with Crippen molar-refractivity contribution in [1.29, 1.82) is 0 Å². The van der Waals surface area contributed by atoms with Gasteiger partial charge < -0.3 is 9.84 Å². The topological polar surface area (TPSA) is 51.0 Å². The normalized spacial score (nSPS) is 18.6. The first-order valence-corrected chi connectivity index (χ1v) is 6.24. The van der Waals surface area contributed by atoms with Crippen molar-refractivity contribution < 1.29 is 13.3 Å². The van der Waals surface area contributed by atoms with E-state index in [1.54, 1.807) is 0 Å². The van der Waals surface area contributed by atoms with Crippen molar-refractivity contribution in [3.63, 3.8) is 0 Å². The molecular weight excluding hydrogens is 288 g/mol. The summed E-state index contributed by atoms with van der Waals surface area (Å²) in [5, 5.41) is 6.92. The van der Waals surface area contributed by atoms with Gasteiger partial charge in [-0.3, -0.25) is 0 Å². The number of nitrogens with one attached hydrogen (secondary N) is 1. The molecule has 0 spiro atoms. The number of nitrogens with zero attached hydrogens (tertiary/aromatic N) is 2. The SMILES string of the molecule is Cl.Fc1cccc(F)c1-c1noc(C2CCCNC2)n1. The van der Waals surface area contributed by atoms with Crippen LogP contribution >= 0.6 is 12.4 Å². The van der Waals surface area contributed by atoms with E-state index in [0.717, 1.165) is 25.9 Å². The molecule has 1 aromatic heterocycles. The van der Waals surface area contributed by atoms with Crippen LogP contribution < -0.4 is 5.32 Å². The van der Waals surface area contributed by atoms with Crippen LogP contribution in [-0.4, -0.2) is 23.2 Å². The average Bonchev–Trinajstić information content (AvgIpc) is 2.89. The van der Waals surface area contributed by atoms with Crippen LogP contribution in [0.2, 0.25) is 0 Å². The third-order valence-corrected chi connectivity index (χ3v) is 3.27. The first kappa shape index (κ1) is 14.9. The zero-order chi connectivity index (χ0) is 13.2. The Morgan fingerprint density at radius 3 is 2.65 bits per heavy atom. The van der Waals surface area contributed by atoms with Gasteiger partial charge in [-0.25, -0.2) is 8.78 Å².